The van der Waals surface area contributed by atoms with Crippen LogP contribution in [-0.2, 0) is 4.74 Å². The normalized spacial score (nSPS) is 21.0. The number of piperazine rings is 1. The number of hydrogen-bond acceptors (Lipinski definition) is 5. The zero-order valence-electron chi connectivity index (χ0n) is 15.1. The molecule has 2 heterocycles. The summed E-state index contributed by atoms with van der Waals surface area (Å²) in [6.45, 7) is 9.25. The number of benzene rings is 1. The third kappa shape index (κ3) is 4.05. The molecule has 1 aromatic carbocycles. The van der Waals surface area contributed by atoms with Crippen molar-refractivity contribution in [3.63, 3.8) is 0 Å². The minimum Gasteiger partial charge on any atom is -0.493 e. The third-order valence-corrected chi connectivity index (χ3v) is 4.56. The molecule has 0 radical (unpaired) electrons. The largest absolute Gasteiger partial charge is 0.493 e. The number of ether oxygens (including phenoxy) is 2. The van der Waals surface area contributed by atoms with Crippen molar-refractivity contribution in [2.75, 3.05) is 32.8 Å². The Morgan fingerprint density at radius 3 is 2.64 bits per heavy atom. The highest BCUT2D eigenvalue weighted by Crippen LogP contribution is 2.37. The number of nitriles is 1. The molecule has 2 aliphatic heterocycles. The van der Waals surface area contributed by atoms with Crippen LogP contribution in [0.15, 0.2) is 18.2 Å². The molecule has 1 aromatic rings. The molecule has 0 spiro atoms. The fourth-order valence-electron chi connectivity index (χ4n) is 3.36. The van der Waals surface area contributed by atoms with Crippen molar-refractivity contribution in [2.45, 2.75) is 38.8 Å². The van der Waals surface area contributed by atoms with E-state index in [0.29, 0.717) is 25.3 Å². The molecule has 0 aromatic heterocycles. The van der Waals surface area contributed by atoms with Crippen molar-refractivity contribution in [3.05, 3.63) is 29.3 Å². The summed E-state index contributed by atoms with van der Waals surface area (Å²) in [6.07, 6.45) is 0.684. The minimum atomic E-state index is -0.466. The first-order chi connectivity index (χ1) is 11.9. The Morgan fingerprint density at radius 1 is 1.28 bits per heavy atom. The van der Waals surface area contributed by atoms with Crippen LogP contribution in [0.3, 0.4) is 0 Å². The molecule has 1 atom stereocenters. The standard InChI is InChI=1S/C19H25N3O3/c1-19(2,3)25-18(23)22-9-7-21(8-10-22)16-6-11-24-17-12-14(13-20)4-5-15(16)17/h4-5,12,16H,6-11H2,1-3H3. The summed E-state index contributed by atoms with van der Waals surface area (Å²) < 4.78 is 11.2. The van der Waals surface area contributed by atoms with Gasteiger partial charge < -0.3 is 14.4 Å². The summed E-state index contributed by atoms with van der Waals surface area (Å²) in [5, 5.41) is 9.05. The van der Waals surface area contributed by atoms with Gasteiger partial charge in [-0.1, -0.05) is 6.07 Å². The number of amides is 1. The number of rotatable bonds is 1. The quantitative estimate of drug-likeness (QED) is 0.784. The molecule has 0 N–H and O–H groups in total. The number of nitrogens with zero attached hydrogens (tertiary/aromatic N) is 3. The second kappa shape index (κ2) is 6.93. The van der Waals surface area contributed by atoms with Gasteiger partial charge in [0.15, 0.2) is 0 Å². The summed E-state index contributed by atoms with van der Waals surface area (Å²) in [5.74, 6) is 0.810. The van der Waals surface area contributed by atoms with E-state index in [0.717, 1.165) is 30.8 Å². The van der Waals surface area contributed by atoms with Gasteiger partial charge in [0.25, 0.3) is 0 Å². The zero-order valence-corrected chi connectivity index (χ0v) is 15.1. The van der Waals surface area contributed by atoms with Crippen molar-refractivity contribution in [1.29, 1.82) is 5.26 Å². The van der Waals surface area contributed by atoms with Gasteiger partial charge >= 0.3 is 6.09 Å². The molecule has 3 rings (SSSR count). The van der Waals surface area contributed by atoms with Gasteiger partial charge in [-0.25, -0.2) is 4.79 Å². The maximum absolute atomic E-state index is 12.2. The Morgan fingerprint density at radius 2 is 2.00 bits per heavy atom. The molecule has 0 saturated carbocycles. The van der Waals surface area contributed by atoms with Gasteiger partial charge in [-0.05, 0) is 32.9 Å². The van der Waals surface area contributed by atoms with E-state index in [9.17, 15) is 4.79 Å². The van der Waals surface area contributed by atoms with Gasteiger partial charge in [-0.3, -0.25) is 4.90 Å². The van der Waals surface area contributed by atoms with Crippen LogP contribution in [0.1, 0.15) is 44.4 Å². The molecule has 1 amide bonds. The molecule has 25 heavy (non-hydrogen) atoms. The molecule has 1 unspecified atom stereocenters. The first-order valence-corrected chi connectivity index (χ1v) is 8.76. The lowest BCUT2D eigenvalue weighted by Crippen LogP contribution is -2.51. The van der Waals surface area contributed by atoms with Crippen molar-refractivity contribution in [1.82, 2.24) is 9.80 Å². The Bertz CT molecular complexity index is 682. The second-order valence-electron chi connectivity index (χ2n) is 7.52. The average molecular weight is 343 g/mol. The summed E-state index contributed by atoms with van der Waals surface area (Å²) in [7, 11) is 0. The van der Waals surface area contributed by atoms with Crippen molar-refractivity contribution >= 4 is 6.09 Å². The number of carbonyl (C=O) groups excluding carboxylic acids is 1. The Hall–Kier alpha value is -2.26. The highest BCUT2D eigenvalue weighted by atomic mass is 16.6. The first kappa shape index (κ1) is 17.6. The predicted octanol–water partition coefficient (Wildman–Crippen LogP) is 2.93. The van der Waals surface area contributed by atoms with E-state index in [1.54, 1.807) is 4.90 Å². The third-order valence-electron chi connectivity index (χ3n) is 4.56. The Kier molecular flexibility index (Phi) is 4.87. The Balaban J connectivity index is 1.65. The maximum atomic E-state index is 12.2. The average Bonchev–Trinajstić information content (AvgIpc) is 2.59. The summed E-state index contributed by atoms with van der Waals surface area (Å²) in [5.41, 5.74) is 1.29. The summed E-state index contributed by atoms with van der Waals surface area (Å²) in [4.78, 5) is 16.4. The van der Waals surface area contributed by atoms with Gasteiger partial charge in [0, 0.05) is 44.2 Å². The van der Waals surface area contributed by atoms with E-state index >= 15 is 0 Å². The molecular weight excluding hydrogens is 318 g/mol. The van der Waals surface area contributed by atoms with E-state index in [-0.39, 0.29) is 12.1 Å². The van der Waals surface area contributed by atoms with Crippen molar-refractivity contribution in [2.24, 2.45) is 0 Å². The molecule has 1 fully saturated rings. The van der Waals surface area contributed by atoms with E-state index < -0.39 is 5.60 Å². The highest BCUT2D eigenvalue weighted by Gasteiger charge is 2.32. The first-order valence-electron chi connectivity index (χ1n) is 8.76. The zero-order chi connectivity index (χ0) is 18.0. The van der Waals surface area contributed by atoms with E-state index in [2.05, 4.69) is 11.0 Å². The molecular formula is C19H25N3O3. The lowest BCUT2D eigenvalue weighted by molar-refractivity contribution is 0.00778. The summed E-state index contributed by atoms with van der Waals surface area (Å²) in [6, 6.07) is 8.09. The van der Waals surface area contributed by atoms with Crippen LogP contribution in [-0.4, -0.2) is 54.3 Å². The van der Waals surface area contributed by atoms with Crippen molar-refractivity contribution < 1.29 is 14.3 Å². The molecule has 0 aliphatic carbocycles. The van der Waals surface area contributed by atoms with Gasteiger partial charge in [0.05, 0.1) is 18.2 Å². The van der Waals surface area contributed by atoms with Crippen molar-refractivity contribution in [3.8, 4) is 11.8 Å². The molecule has 0 bridgehead atoms. The van der Waals surface area contributed by atoms with Gasteiger partial charge in [-0.15, -0.1) is 0 Å². The number of fused-ring (bicyclic) bond motifs is 1. The lowest BCUT2D eigenvalue weighted by Gasteiger charge is -2.41. The van der Waals surface area contributed by atoms with Crippen LogP contribution < -0.4 is 4.74 Å². The Labute approximate surface area is 148 Å². The van der Waals surface area contributed by atoms with E-state index in [1.807, 2.05) is 39.0 Å². The topological polar surface area (TPSA) is 65.8 Å². The van der Waals surface area contributed by atoms with Crippen LogP contribution in [0, 0.1) is 11.3 Å². The van der Waals surface area contributed by atoms with E-state index in [1.165, 1.54) is 0 Å². The van der Waals surface area contributed by atoms with Crippen LogP contribution >= 0.6 is 0 Å². The highest BCUT2D eigenvalue weighted by molar-refractivity contribution is 5.68. The van der Waals surface area contributed by atoms with Gasteiger partial charge in [0.2, 0.25) is 0 Å². The molecule has 6 heteroatoms. The van der Waals surface area contributed by atoms with Gasteiger partial charge in [0.1, 0.15) is 11.4 Å². The number of carbonyl (C=O) groups is 1. The maximum Gasteiger partial charge on any atom is 0.410 e. The minimum absolute atomic E-state index is 0.238. The summed E-state index contributed by atoms with van der Waals surface area (Å²) >= 11 is 0. The van der Waals surface area contributed by atoms with Crippen LogP contribution in [0.5, 0.6) is 5.75 Å². The fourth-order valence-corrected chi connectivity index (χ4v) is 3.36. The monoisotopic (exact) mass is 343 g/mol. The van der Waals surface area contributed by atoms with Crippen LogP contribution in [0.4, 0.5) is 4.79 Å². The fraction of sp³-hybridized carbons (Fsp3) is 0.579. The molecule has 6 nitrogen and oxygen atoms in total. The number of hydrogen-bond donors (Lipinski definition) is 0. The smallest absolute Gasteiger partial charge is 0.410 e. The second-order valence-corrected chi connectivity index (χ2v) is 7.52. The van der Waals surface area contributed by atoms with Crippen LogP contribution in [0.25, 0.3) is 0 Å². The van der Waals surface area contributed by atoms with E-state index in [4.69, 9.17) is 14.7 Å². The van der Waals surface area contributed by atoms with Crippen LogP contribution in [0.2, 0.25) is 0 Å². The molecule has 2 aliphatic rings. The molecule has 134 valence electrons. The predicted molar refractivity (Wildman–Crippen MR) is 93.4 cm³/mol. The molecule has 1 saturated heterocycles. The lowest BCUT2D eigenvalue weighted by atomic mass is 9.97. The van der Waals surface area contributed by atoms with Gasteiger partial charge in [-0.2, -0.15) is 5.26 Å². The SMILES string of the molecule is CC(C)(C)OC(=O)N1CCN(C2CCOc3cc(C#N)ccc32)CC1.